The van der Waals surface area contributed by atoms with Crippen LogP contribution in [0.25, 0.3) is 5.69 Å². The molecule has 26 heavy (non-hydrogen) atoms. The fourth-order valence-electron chi connectivity index (χ4n) is 2.57. The molecule has 0 spiro atoms. The van der Waals surface area contributed by atoms with E-state index in [1.807, 2.05) is 50.4 Å². The lowest BCUT2D eigenvalue weighted by molar-refractivity contribution is -0.131. The fourth-order valence-corrected chi connectivity index (χ4v) is 2.57. The zero-order valence-electron chi connectivity index (χ0n) is 15.1. The predicted molar refractivity (Wildman–Crippen MR) is 98.0 cm³/mol. The first-order valence-corrected chi connectivity index (χ1v) is 8.32. The fraction of sp³-hybridized carbons (Fsp3) is 0.263. The average molecular weight is 351 g/mol. The molecule has 0 saturated heterocycles. The van der Waals surface area contributed by atoms with Gasteiger partial charge in [0.05, 0.1) is 11.4 Å². The SMILES string of the molecule is Cc1cc(=O)n(CC(=O)N(C)Cc2ccc(-n3cccn3)cc2)nc1C. The van der Waals surface area contributed by atoms with Gasteiger partial charge >= 0.3 is 0 Å². The van der Waals surface area contributed by atoms with Crippen molar-refractivity contribution in [2.75, 3.05) is 7.05 Å². The number of hydrogen-bond acceptors (Lipinski definition) is 4. The van der Waals surface area contributed by atoms with Crippen LogP contribution in [0.1, 0.15) is 16.8 Å². The lowest BCUT2D eigenvalue weighted by atomic mass is 10.2. The number of rotatable bonds is 5. The highest BCUT2D eigenvalue weighted by atomic mass is 16.2. The summed E-state index contributed by atoms with van der Waals surface area (Å²) >= 11 is 0. The number of carbonyl (C=O) groups is 1. The van der Waals surface area contributed by atoms with Crippen molar-refractivity contribution < 1.29 is 4.79 Å². The van der Waals surface area contributed by atoms with Crippen molar-refractivity contribution in [3.63, 3.8) is 0 Å². The van der Waals surface area contributed by atoms with E-state index in [4.69, 9.17) is 0 Å². The van der Waals surface area contributed by atoms with Crippen LogP contribution < -0.4 is 5.56 Å². The smallest absolute Gasteiger partial charge is 0.267 e. The minimum atomic E-state index is -0.265. The molecule has 0 aliphatic carbocycles. The number of hydrogen-bond donors (Lipinski definition) is 0. The van der Waals surface area contributed by atoms with Gasteiger partial charge in [0.15, 0.2) is 0 Å². The van der Waals surface area contributed by atoms with Gasteiger partial charge in [0.2, 0.25) is 5.91 Å². The van der Waals surface area contributed by atoms with Crippen molar-refractivity contribution in [1.29, 1.82) is 0 Å². The molecule has 0 radical (unpaired) electrons. The molecule has 3 rings (SSSR count). The maximum Gasteiger partial charge on any atom is 0.267 e. The molecule has 3 aromatic rings. The van der Waals surface area contributed by atoms with Crippen LogP contribution in [0.3, 0.4) is 0 Å². The van der Waals surface area contributed by atoms with Gasteiger partial charge in [-0.05, 0) is 43.2 Å². The summed E-state index contributed by atoms with van der Waals surface area (Å²) in [6.07, 6.45) is 3.60. The second-order valence-corrected chi connectivity index (χ2v) is 6.28. The molecule has 2 aromatic heterocycles. The normalized spacial score (nSPS) is 10.7. The van der Waals surface area contributed by atoms with Crippen LogP contribution in [0.2, 0.25) is 0 Å². The van der Waals surface area contributed by atoms with E-state index < -0.39 is 0 Å². The van der Waals surface area contributed by atoms with E-state index in [1.54, 1.807) is 22.8 Å². The van der Waals surface area contributed by atoms with Crippen LogP contribution in [-0.2, 0) is 17.9 Å². The molecule has 1 aromatic carbocycles. The molecule has 0 aliphatic rings. The summed E-state index contributed by atoms with van der Waals surface area (Å²) in [4.78, 5) is 26.0. The van der Waals surface area contributed by atoms with Crippen molar-refractivity contribution in [2.45, 2.75) is 26.9 Å². The van der Waals surface area contributed by atoms with Gasteiger partial charge in [-0.25, -0.2) is 9.36 Å². The van der Waals surface area contributed by atoms with Gasteiger partial charge in [0, 0.05) is 32.1 Å². The third-order valence-corrected chi connectivity index (χ3v) is 4.27. The van der Waals surface area contributed by atoms with Crippen LogP contribution in [0.5, 0.6) is 0 Å². The molecular weight excluding hydrogens is 330 g/mol. The van der Waals surface area contributed by atoms with Gasteiger partial charge in [0.25, 0.3) is 5.56 Å². The van der Waals surface area contributed by atoms with E-state index >= 15 is 0 Å². The molecule has 0 saturated carbocycles. The van der Waals surface area contributed by atoms with Crippen LogP contribution in [0, 0.1) is 13.8 Å². The third kappa shape index (κ3) is 3.88. The Balaban J connectivity index is 1.66. The zero-order chi connectivity index (χ0) is 18.7. The number of benzene rings is 1. The molecule has 0 fully saturated rings. The monoisotopic (exact) mass is 351 g/mol. The molecule has 0 N–H and O–H groups in total. The minimum Gasteiger partial charge on any atom is -0.340 e. The van der Waals surface area contributed by atoms with E-state index in [-0.39, 0.29) is 18.0 Å². The molecule has 7 heteroatoms. The Morgan fingerprint density at radius 3 is 2.58 bits per heavy atom. The standard InChI is InChI=1S/C19H21N5O2/c1-14-11-18(25)24(21-15(14)2)13-19(26)22(3)12-16-5-7-17(8-6-16)23-10-4-9-20-23/h4-11H,12-13H2,1-3H3. The number of carbonyl (C=O) groups excluding carboxylic acids is 1. The van der Waals surface area contributed by atoms with E-state index in [0.29, 0.717) is 6.54 Å². The molecule has 2 heterocycles. The zero-order valence-corrected chi connectivity index (χ0v) is 15.1. The summed E-state index contributed by atoms with van der Waals surface area (Å²) in [5.41, 5.74) is 3.26. The highest BCUT2D eigenvalue weighted by Crippen LogP contribution is 2.10. The first-order valence-electron chi connectivity index (χ1n) is 8.32. The maximum absolute atomic E-state index is 12.4. The topological polar surface area (TPSA) is 73.0 Å². The first-order chi connectivity index (χ1) is 12.4. The van der Waals surface area contributed by atoms with Gasteiger partial charge in [-0.3, -0.25) is 9.59 Å². The van der Waals surface area contributed by atoms with E-state index in [2.05, 4.69) is 10.2 Å². The number of aromatic nitrogens is 4. The first kappa shape index (κ1) is 17.6. The molecule has 0 bridgehead atoms. The van der Waals surface area contributed by atoms with E-state index in [0.717, 1.165) is 22.5 Å². The molecule has 1 amide bonds. The predicted octanol–water partition coefficient (Wildman–Crippen LogP) is 1.70. The van der Waals surface area contributed by atoms with Crippen molar-refractivity contribution in [2.24, 2.45) is 0 Å². The quantitative estimate of drug-likeness (QED) is 0.701. The second kappa shape index (κ2) is 7.35. The van der Waals surface area contributed by atoms with Gasteiger partial charge in [0.1, 0.15) is 6.54 Å². The van der Waals surface area contributed by atoms with Gasteiger partial charge in [-0.15, -0.1) is 0 Å². The molecule has 0 unspecified atom stereocenters. The molecule has 7 nitrogen and oxygen atoms in total. The number of amides is 1. The third-order valence-electron chi connectivity index (χ3n) is 4.27. The average Bonchev–Trinajstić information content (AvgIpc) is 3.15. The Morgan fingerprint density at radius 2 is 1.92 bits per heavy atom. The molecular formula is C19H21N5O2. The Hall–Kier alpha value is -3.22. The number of nitrogens with zero attached hydrogens (tertiary/aromatic N) is 5. The molecule has 0 aliphatic heterocycles. The van der Waals surface area contributed by atoms with Crippen LogP contribution in [-0.4, -0.2) is 37.4 Å². The summed E-state index contributed by atoms with van der Waals surface area (Å²) in [5.74, 6) is -0.168. The summed E-state index contributed by atoms with van der Waals surface area (Å²) in [5, 5.41) is 8.38. The number of aryl methyl sites for hydroxylation is 2. The Bertz CT molecular complexity index is 959. The lowest BCUT2D eigenvalue weighted by Gasteiger charge is -2.18. The van der Waals surface area contributed by atoms with Crippen molar-refractivity contribution in [3.05, 3.63) is 76.0 Å². The Morgan fingerprint density at radius 1 is 1.19 bits per heavy atom. The summed E-state index contributed by atoms with van der Waals surface area (Å²) in [6, 6.07) is 11.2. The highest BCUT2D eigenvalue weighted by molar-refractivity contribution is 5.75. The van der Waals surface area contributed by atoms with Crippen molar-refractivity contribution in [3.8, 4) is 5.69 Å². The van der Waals surface area contributed by atoms with Crippen molar-refractivity contribution >= 4 is 5.91 Å². The van der Waals surface area contributed by atoms with Crippen LogP contribution in [0.15, 0.2) is 53.6 Å². The Labute approximate surface area is 151 Å². The van der Waals surface area contributed by atoms with E-state index in [1.165, 1.54) is 10.7 Å². The van der Waals surface area contributed by atoms with Crippen molar-refractivity contribution in [1.82, 2.24) is 24.5 Å². The second-order valence-electron chi connectivity index (χ2n) is 6.28. The maximum atomic E-state index is 12.4. The Kier molecular flexibility index (Phi) is 4.97. The minimum absolute atomic E-state index is 0.0676. The summed E-state index contributed by atoms with van der Waals surface area (Å²) in [7, 11) is 1.72. The summed E-state index contributed by atoms with van der Waals surface area (Å²) in [6.45, 7) is 4.04. The lowest BCUT2D eigenvalue weighted by Crippen LogP contribution is -2.35. The van der Waals surface area contributed by atoms with E-state index in [9.17, 15) is 9.59 Å². The summed E-state index contributed by atoms with van der Waals surface area (Å²) < 4.78 is 2.98. The molecule has 0 atom stereocenters. The van der Waals surface area contributed by atoms with Crippen LogP contribution in [0.4, 0.5) is 0 Å². The van der Waals surface area contributed by atoms with Gasteiger partial charge in [-0.1, -0.05) is 12.1 Å². The largest absolute Gasteiger partial charge is 0.340 e. The number of likely N-dealkylation sites (N-methyl/N-ethyl adjacent to an activating group) is 1. The molecule has 134 valence electrons. The highest BCUT2D eigenvalue weighted by Gasteiger charge is 2.13. The van der Waals surface area contributed by atoms with Gasteiger partial charge < -0.3 is 4.90 Å². The van der Waals surface area contributed by atoms with Gasteiger partial charge in [-0.2, -0.15) is 10.2 Å². The van der Waals surface area contributed by atoms with Crippen LogP contribution >= 0.6 is 0 Å².